The fourth-order valence-electron chi connectivity index (χ4n) is 3.91. The Balaban J connectivity index is 1.57. The Bertz CT molecular complexity index is 623. The normalized spacial score (nSPS) is 37.6. The van der Waals surface area contributed by atoms with Crippen LogP contribution in [-0.2, 0) is 9.59 Å². The Hall–Kier alpha value is -0.720. The van der Waals surface area contributed by atoms with Crippen molar-refractivity contribution in [2.75, 3.05) is 39.4 Å². The van der Waals surface area contributed by atoms with Crippen LogP contribution in [0.3, 0.4) is 0 Å². The number of hydrogen-bond acceptors (Lipinski definition) is 13. The van der Waals surface area contributed by atoms with Gasteiger partial charge >= 0.3 is 0 Å². The molecule has 10 atom stereocenters. The molecule has 0 aromatic heterocycles. The van der Waals surface area contributed by atoms with Crippen molar-refractivity contribution in [2.45, 2.75) is 70.5 Å². The van der Waals surface area contributed by atoms with Crippen LogP contribution in [0, 0.1) is 0 Å². The van der Waals surface area contributed by atoms with Crippen LogP contribution in [-0.4, -0.2) is 150 Å². The van der Waals surface area contributed by atoms with Gasteiger partial charge < -0.3 is 56.8 Å². The first-order chi connectivity index (χ1) is 16.6. The van der Waals surface area contributed by atoms with E-state index in [4.69, 9.17) is 0 Å². The highest BCUT2D eigenvalue weighted by molar-refractivity contribution is 8.01. The van der Waals surface area contributed by atoms with Crippen LogP contribution < -0.4 is 16.0 Å². The van der Waals surface area contributed by atoms with Gasteiger partial charge in [-0.25, -0.2) is 0 Å². The number of aliphatic hydroxyl groups excluding tert-OH is 8. The van der Waals surface area contributed by atoms with Crippen molar-refractivity contribution in [3.63, 3.8) is 0 Å². The minimum absolute atomic E-state index is 0.0872. The molecule has 0 radical (unpaired) electrons. The van der Waals surface area contributed by atoms with Gasteiger partial charge in [0.2, 0.25) is 11.8 Å². The maximum Gasteiger partial charge on any atom is 0.221 e. The zero-order chi connectivity index (χ0) is 26.1. The van der Waals surface area contributed by atoms with E-state index in [1.54, 1.807) is 0 Å². The molecule has 0 aliphatic carbocycles. The molecular formula is C20H37N3O10S2. The second kappa shape index (κ2) is 14.9. The summed E-state index contributed by atoms with van der Waals surface area (Å²) < 4.78 is 0. The molecule has 2 aliphatic heterocycles. The van der Waals surface area contributed by atoms with Crippen molar-refractivity contribution in [3.05, 3.63) is 0 Å². The minimum Gasteiger partial charge on any atom is -0.395 e. The predicted molar refractivity (Wildman–Crippen MR) is 129 cm³/mol. The molecule has 2 amide bonds. The first kappa shape index (κ1) is 30.5. The van der Waals surface area contributed by atoms with Crippen molar-refractivity contribution in [1.29, 1.82) is 0 Å². The molecule has 2 heterocycles. The molecule has 0 aromatic carbocycles. The third kappa shape index (κ3) is 8.67. The van der Waals surface area contributed by atoms with E-state index in [1.165, 1.54) is 0 Å². The molecule has 35 heavy (non-hydrogen) atoms. The third-order valence-corrected chi connectivity index (χ3v) is 9.15. The quantitative estimate of drug-likeness (QED) is 0.103. The average molecular weight is 544 g/mol. The highest BCUT2D eigenvalue weighted by Gasteiger charge is 2.44. The van der Waals surface area contributed by atoms with E-state index in [9.17, 15) is 50.4 Å². The summed E-state index contributed by atoms with van der Waals surface area (Å²) in [5.41, 5.74) is 0. The summed E-state index contributed by atoms with van der Waals surface area (Å²) in [6.07, 6.45) is -8.17. The van der Waals surface area contributed by atoms with Gasteiger partial charge in [-0.15, -0.1) is 23.5 Å². The van der Waals surface area contributed by atoms with Gasteiger partial charge in [-0.2, -0.15) is 0 Å². The maximum absolute atomic E-state index is 12.1. The average Bonchev–Trinajstić information content (AvgIpc) is 2.84. The van der Waals surface area contributed by atoms with Crippen molar-refractivity contribution in [1.82, 2.24) is 16.0 Å². The van der Waals surface area contributed by atoms with E-state index in [0.29, 0.717) is 13.1 Å². The Morgan fingerprint density at radius 3 is 1.23 bits per heavy atom. The number of carbonyl (C=O) groups excluding carboxylic acids is 2. The van der Waals surface area contributed by atoms with Gasteiger partial charge in [0.25, 0.3) is 0 Å². The number of thioether (sulfide) groups is 2. The van der Waals surface area contributed by atoms with E-state index in [2.05, 4.69) is 16.0 Å². The zero-order valence-corrected chi connectivity index (χ0v) is 20.8. The van der Waals surface area contributed by atoms with Gasteiger partial charge in [0.1, 0.15) is 12.2 Å². The van der Waals surface area contributed by atoms with E-state index >= 15 is 0 Å². The minimum atomic E-state index is -1.43. The van der Waals surface area contributed by atoms with E-state index in [0.717, 1.165) is 23.5 Å². The van der Waals surface area contributed by atoms with Crippen LogP contribution in [0.15, 0.2) is 0 Å². The number of aliphatic hydroxyl groups is 8. The maximum atomic E-state index is 12.1. The van der Waals surface area contributed by atoms with E-state index < -0.39 is 57.6 Å². The van der Waals surface area contributed by atoms with Gasteiger partial charge in [0.15, 0.2) is 0 Å². The SMILES string of the molecule is O=C(C[C@@H]1S[C@H](CO)[C@H](O)[C@H](O)[C@H]1O)NCCNCCNC(=O)C[C@@H]1S[C@H](CO)[C@H](O)[C@H](O)[C@H]1O. The lowest BCUT2D eigenvalue weighted by Gasteiger charge is -2.39. The lowest BCUT2D eigenvalue weighted by molar-refractivity contribution is -0.123. The predicted octanol–water partition coefficient (Wildman–Crippen LogP) is -5.29. The molecule has 0 saturated carbocycles. The molecule has 13 nitrogen and oxygen atoms in total. The van der Waals surface area contributed by atoms with Gasteiger partial charge in [0, 0.05) is 49.5 Å². The van der Waals surface area contributed by atoms with E-state index in [-0.39, 0.29) is 51.0 Å². The molecule has 2 saturated heterocycles. The molecule has 2 fully saturated rings. The summed E-state index contributed by atoms with van der Waals surface area (Å²) in [6, 6.07) is 0. The van der Waals surface area contributed by atoms with Crippen LogP contribution in [0.1, 0.15) is 12.8 Å². The first-order valence-corrected chi connectivity index (χ1v) is 13.3. The molecular weight excluding hydrogens is 506 g/mol. The highest BCUT2D eigenvalue weighted by Crippen LogP contribution is 2.35. The van der Waals surface area contributed by atoms with Gasteiger partial charge in [-0.05, 0) is 0 Å². The van der Waals surface area contributed by atoms with Crippen LogP contribution in [0.2, 0.25) is 0 Å². The molecule has 2 rings (SSSR count). The Morgan fingerprint density at radius 2 is 0.886 bits per heavy atom. The molecule has 0 spiro atoms. The summed E-state index contributed by atoms with van der Waals surface area (Å²) in [5.74, 6) is -0.706. The first-order valence-electron chi connectivity index (χ1n) is 11.5. The van der Waals surface area contributed by atoms with Crippen LogP contribution in [0.5, 0.6) is 0 Å². The Kier molecular flexibility index (Phi) is 13.0. The van der Waals surface area contributed by atoms with Crippen molar-refractivity contribution >= 4 is 35.3 Å². The number of nitrogens with one attached hydrogen (secondary N) is 3. The summed E-state index contributed by atoms with van der Waals surface area (Å²) in [4.78, 5) is 24.2. The molecule has 2 aliphatic rings. The number of rotatable bonds is 12. The fraction of sp³-hybridized carbons (Fsp3) is 0.900. The topological polar surface area (TPSA) is 232 Å². The van der Waals surface area contributed by atoms with Crippen LogP contribution in [0.25, 0.3) is 0 Å². The van der Waals surface area contributed by atoms with E-state index in [1.807, 2.05) is 0 Å². The standard InChI is InChI=1S/C20H37N3O10S2/c24-7-11-17(30)19(32)15(28)9(34-11)5-13(26)22-3-1-21-2-4-23-14(27)6-10-16(29)20(33)18(31)12(8-25)35-10/h9-12,15-21,24-25,28-33H,1-8H2,(H,22,26)(H,23,27)/t9-,10-,11+,12+,15-,16-,17-,18-,19+,20+/m0/s1. The largest absolute Gasteiger partial charge is 0.395 e. The van der Waals surface area contributed by atoms with Crippen LogP contribution >= 0.6 is 23.5 Å². The Labute approximate surface area is 211 Å². The fourth-order valence-corrected chi connectivity index (χ4v) is 6.76. The van der Waals surface area contributed by atoms with Gasteiger partial charge in [-0.3, -0.25) is 9.59 Å². The molecule has 15 heteroatoms. The molecule has 0 aromatic rings. The molecule has 204 valence electrons. The number of carbonyl (C=O) groups is 2. The second-order valence-corrected chi connectivity index (χ2v) is 11.6. The number of amides is 2. The van der Waals surface area contributed by atoms with Gasteiger partial charge in [-0.1, -0.05) is 0 Å². The lowest BCUT2D eigenvalue weighted by atomic mass is 9.99. The molecule has 0 bridgehead atoms. The summed E-state index contributed by atoms with van der Waals surface area (Å²) >= 11 is 2.13. The monoisotopic (exact) mass is 543 g/mol. The van der Waals surface area contributed by atoms with Crippen molar-refractivity contribution in [3.8, 4) is 0 Å². The van der Waals surface area contributed by atoms with Gasteiger partial charge in [0.05, 0.1) is 48.1 Å². The lowest BCUT2D eigenvalue weighted by Crippen LogP contribution is -2.54. The smallest absolute Gasteiger partial charge is 0.221 e. The molecule has 0 unspecified atom stereocenters. The molecule has 11 N–H and O–H groups in total. The Morgan fingerprint density at radius 1 is 0.543 bits per heavy atom. The summed E-state index contributed by atoms with van der Waals surface area (Å²) in [6.45, 7) is 0.597. The van der Waals surface area contributed by atoms with Crippen molar-refractivity contribution in [2.24, 2.45) is 0 Å². The zero-order valence-electron chi connectivity index (χ0n) is 19.1. The van der Waals surface area contributed by atoms with Crippen LogP contribution in [0.4, 0.5) is 0 Å². The highest BCUT2D eigenvalue weighted by atomic mass is 32.2. The third-order valence-electron chi connectivity index (χ3n) is 6.00. The number of hydrogen-bond donors (Lipinski definition) is 11. The summed E-state index contributed by atoms with van der Waals surface area (Å²) in [7, 11) is 0. The van der Waals surface area contributed by atoms with Crippen molar-refractivity contribution < 1.29 is 50.4 Å². The second-order valence-electron chi connectivity index (χ2n) is 8.59. The summed E-state index contributed by atoms with van der Waals surface area (Å²) in [5, 5.41) is 83.7.